The molecule has 0 fully saturated rings. The van der Waals surface area contributed by atoms with Crippen LogP contribution in [-0.2, 0) is 17.9 Å². The Morgan fingerprint density at radius 3 is 3.00 bits per heavy atom. The zero-order valence-electron chi connectivity index (χ0n) is 12.7. The lowest BCUT2D eigenvalue weighted by Gasteiger charge is -2.21. The van der Waals surface area contributed by atoms with Gasteiger partial charge in [0, 0.05) is 15.8 Å². The second-order valence-electron chi connectivity index (χ2n) is 5.68. The number of para-hydroxylation sites is 1. The lowest BCUT2D eigenvalue weighted by Crippen LogP contribution is -2.37. The second-order valence-corrected chi connectivity index (χ2v) is 6.71. The molecule has 1 aromatic carbocycles. The summed E-state index contributed by atoms with van der Waals surface area (Å²) < 4.78 is 5.83. The van der Waals surface area contributed by atoms with Crippen LogP contribution >= 0.6 is 11.3 Å². The van der Waals surface area contributed by atoms with Crippen molar-refractivity contribution in [3.63, 3.8) is 0 Å². The highest BCUT2D eigenvalue weighted by Crippen LogP contribution is 2.28. The molecule has 5 heteroatoms. The van der Waals surface area contributed by atoms with E-state index in [4.69, 9.17) is 4.74 Å². The molecular formula is C18H16N2O2S. The summed E-state index contributed by atoms with van der Waals surface area (Å²) in [6, 6.07) is 14.1. The summed E-state index contributed by atoms with van der Waals surface area (Å²) in [5, 5.41) is 3.09. The molecule has 1 atom stereocenters. The average Bonchev–Trinajstić information content (AvgIpc) is 3.03. The third-order valence-corrected chi connectivity index (χ3v) is 4.86. The Balaban J connectivity index is 1.74. The van der Waals surface area contributed by atoms with Crippen molar-refractivity contribution < 1.29 is 9.53 Å². The van der Waals surface area contributed by atoms with Crippen LogP contribution in [0.4, 0.5) is 0 Å². The van der Waals surface area contributed by atoms with E-state index < -0.39 is 6.10 Å². The number of ether oxygens (including phenoxy) is 1. The molecule has 0 saturated carbocycles. The quantitative estimate of drug-likeness (QED) is 0.723. The number of carbonyl (C=O) groups is 1. The maximum absolute atomic E-state index is 12.6. The molecule has 3 heterocycles. The highest BCUT2D eigenvalue weighted by molar-refractivity contribution is 7.09. The van der Waals surface area contributed by atoms with Crippen molar-refractivity contribution >= 4 is 28.1 Å². The monoisotopic (exact) mass is 324 g/mol. The summed E-state index contributed by atoms with van der Waals surface area (Å²) in [6.45, 7) is 2.92. The maximum atomic E-state index is 12.6. The highest BCUT2D eigenvalue weighted by Gasteiger charge is 2.29. The van der Waals surface area contributed by atoms with E-state index in [0.717, 1.165) is 16.5 Å². The van der Waals surface area contributed by atoms with Gasteiger partial charge in [0.2, 0.25) is 5.88 Å². The van der Waals surface area contributed by atoms with E-state index in [0.29, 0.717) is 19.0 Å². The van der Waals surface area contributed by atoms with Crippen molar-refractivity contribution in [3.05, 3.63) is 58.3 Å². The van der Waals surface area contributed by atoms with E-state index in [1.165, 1.54) is 4.88 Å². The van der Waals surface area contributed by atoms with Gasteiger partial charge in [0.05, 0.1) is 18.6 Å². The normalized spacial score (nSPS) is 17.7. The van der Waals surface area contributed by atoms with Crippen LogP contribution in [0.3, 0.4) is 0 Å². The Bertz CT molecular complexity index is 861. The lowest BCUT2D eigenvalue weighted by atomic mass is 10.1. The molecule has 0 spiro atoms. The van der Waals surface area contributed by atoms with Crippen molar-refractivity contribution in [1.82, 2.24) is 9.88 Å². The fourth-order valence-corrected chi connectivity index (χ4v) is 3.56. The van der Waals surface area contributed by atoms with Crippen molar-refractivity contribution in [2.75, 3.05) is 0 Å². The fourth-order valence-electron chi connectivity index (χ4n) is 2.84. The Morgan fingerprint density at radius 1 is 1.30 bits per heavy atom. The van der Waals surface area contributed by atoms with Gasteiger partial charge in [-0.3, -0.25) is 4.79 Å². The molecule has 0 radical (unpaired) electrons. The molecule has 0 saturated heterocycles. The molecule has 0 bridgehead atoms. The van der Waals surface area contributed by atoms with Crippen LogP contribution in [0.25, 0.3) is 10.9 Å². The van der Waals surface area contributed by atoms with Crippen molar-refractivity contribution in [1.29, 1.82) is 0 Å². The zero-order chi connectivity index (χ0) is 15.8. The van der Waals surface area contributed by atoms with E-state index in [-0.39, 0.29) is 5.91 Å². The smallest absolute Gasteiger partial charge is 0.264 e. The topological polar surface area (TPSA) is 42.4 Å². The average molecular weight is 324 g/mol. The van der Waals surface area contributed by atoms with Crippen LogP contribution in [0.2, 0.25) is 0 Å². The lowest BCUT2D eigenvalue weighted by molar-refractivity contribution is -0.138. The minimum absolute atomic E-state index is 0.000422. The van der Waals surface area contributed by atoms with E-state index in [1.54, 1.807) is 18.3 Å². The van der Waals surface area contributed by atoms with Gasteiger partial charge in [-0.25, -0.2) is 4.98 Å². The van der Waals surface area contributed by atoms with Crippen LogP contribution < -0.4 is 4.74 Å². The largest absolute Gasteiger partial charge is 0.464 e. The van der Waals surface area contributed by atoms with Crippen molar-refractivity contribution in [2.45, 2.75) is 26.1 Å². The minimum Gasteiger partial charge on any atom is -0.464 e. The van der Waals surface area contributed by atoms with Crippen LogP contribution in [-0.4, -0.2) is 21.9 Å². The van der Waals surface area contributed by atoms with E-state index in [1.807, 2.05) is 46.7 Å². The Hall–Kier alpha value is -2.40. The third-order valence-electron chi connectivity index (χ3n) is 4.00. The van der Waals surface area contributed by atoms with Gasteiger partial charge in [-0.15, -0.1) is 11.3 Å². The molecule has 1 amide bonds. The highest BCUT2D eigenvalue weighted by atomic mass is 32.1. The van der Waals surface area contributed by atoms with Gasteiger partial charge in [0.15, 0.2) is 6.10 Å². The number of hydrogen-bond donors (Lipinski definition) is 0. The van der Waals surface area contributed by atoms with Gasteiger partial charge in [-0.1, -0.05) is 24.3 Å². The number of benzene rings is 1. The zero-order valence-corrected chi connectivity index (χ0v) is 13.5. The van der Waals surface area contributed by atoms with E-state index in [2.05, 4.69) is 11.1 Å². The SMILES string of the molecule is C[C@H]1Oc2nc3ccccc3cc2CN(Cc2cccs2)C1=O. The number of rotatable bonds is 2. The van der Waals surface area contributed by atoms with Gasteiger partial charge >= 0.3 is 0 Å². The van der Waals surface area contributed by atoms with E-state index >= 15 is 0 Å². The van der Waals surface area contributed by atoms with Gasteiger partial charge in [0.25, 0.3) is 5.91 Å². The number of nitrogens with zero attached hydrogens (tertiary/aromatic N) is 2. The molecule has 4 rings (SSSR count). The standard InChI is InChI=1S/C18H16N2O2S/c1-12-18(21)20(11-15-6-4-8-23-15)10-14-9-13-5-2-3-7-16(13)19-17(14)22-12/h2-9,12H,10-11H2,1H3/t12-/m1/s1. The molecule has 3 aromatic rings. The number of pyridine rings is 1. The molecule has 116 valence electrons. The number of aromatic nitrogens is 1. The Labute approximate surface area is 138 Å². The summed E-state index contributed by atoms with van der Waals surface area (Å²) in [5.41, 5.74) is 1.84. The molecular weight excluding hydrogens is 308 g/mol. The molecule has 1 aliphatic rings. The second kappa shape index (κ2) is 5.66. The predicted molar refractivity (Wildman–Crippen MR) is 90.4 cm³/mol. The summed E-state index contributed by atoms with van der Waals surface area (Å²) in [5.74, 6) is 0.568. The molecule has 0 aliphatic carbocycles. The first-order chi connectivity index (χ1) is 11.2. The molecule has 4 nitrogen and oxygen atoms in total. The van der Waals surface area contributed by atoms with Crippen LogP contribution in [0, 0.1) is 0 Å². The summed E-state index contributed by atoms with van der Waals surface area (Å²) in [4.78, 5) is 20.2. The van der Waals surface area contributed by atoms with E-state index in [9.17, 15) is 4.79 Å². The number of carbonyl (C=O) groups excluding carboxylic acids is 1. The first-order valence-electron chi connectivity index (χ1n) is 7.57. The fraction of sp³-hybridized carbons (Fsp3) is 0.222. The maximum Gasteiger partial charge on any atom is 0.264 e. The van der Waals surface area contributed by atoms with Gasteiger partial charge in [-0.2, -0.15) is 0 Å². The number of thiophene rings is 1. The molecule has 2 aromatic heterocycles. The third kappa shape index (κ3) is 2.68. The first kappa shape index (κ1) is 14.2. The van der Waals surface area contributed by atoms with Crippen LogP contribution in [0.15, 0.2) is 47.8 Å². The molecule has 23 heavy (non-hydrogen) atoms. The molecule has 1 aliphatic heterocycles. The van der Waals surface area contributed by atoms with Gasteiger partial charge < -0.3 is 9.64 Å². The minimum atomic E-state index is -0.523. The van der Waals surface area contributed by atoms with Crippen LogP contribution in [0.5, 0.6) is 5.88 Å². The number of hydrogen-bond acceptors (Lipinski definition) is 4. The first-order valence-corrected chi connectivity index (χ1v) is 8.45. The summed E-state index contributed by atoms with van der Waals surface area (Å²) >= 11 is 1.66. The molecule has 0 unspecified atom stereocenters. The van der Waals surface area contributed by atoms with Crippen LogP contribution in [0.1, 0.15) is 17.4 Å². The predicted octanol–water partition coefficient (Wildman–Crippen LogP) is 3.61. The number of amides is 1. The summed E-state index contributed by atoms with van der Waals surface area (Å²) in [7, 11) is 0. The molecule has 0 N–H and O–H groups in total. The van der Waals surface area contributed by atoms with Crippen molar-refractivity contribution in [2.24, 2.45) is 0 Å². The van der Waals surface area contributed by atoms with Gasteiger partial charge in [-0.05, 0) is 30.5 Å². The Morgan fingerprint density at radius 2 is 2.17 bits per heavy atom. The summed E-state index contributed by atoms with van der Waals surface area (Å²) in [6.07, 6.45) is -0.523. The van der Waals surface area contributed by atoms with Gasteiger partial charge in [0.1, 0.15) is 0 Å². The van der Waals surface area contributed by atoms with Crippen molar-refractivity contribution in [3.8, 4) is 5.88 Å². The number of fused-ring (bicyclic) bond motifs is 2. The Kier molecular flexibility index (Phi) is 3.50.